The molecule has 0 heterocycles. The molecular formula is C13H18N2OS2. The van der Waals surface area contributed by atoms with Gasteiger partial charge in [-0.25, -0.2) is 0 Å². The topological polar surface area (TPSA) is 55.1 Å². The van der Waals surface area contributed by atoms with Gasteiger partial charge in [-0.05, 0) is 17.5 Å². The first-order valence-corrected chi connectivity index (χ1v) is 7.32. The van der Waals surface area contributed by atoms with Crippen LogP contribution in [0.1, 0.15) is 25.3 Å². The number of hydrogen-bond acceptors (Lipinski definition) is 3. The molecule has 3 nitrogen and oxygen atoms in total. The van der Waals surface area contributed by atoms with Crippen LogP contribution in [0.15, 0.2) is 24.3 Å². The normalized spacial score (nSPS) is 10.4. The number of thioether (sulfide) groups is 1. The Morgan fingerprint density at radius 3 is 2.67 bits per heavy atom. The molecule has 1 aromatic rings. The molecule has 0 spiro atoms. The van der Waals surface area contributed by atoms with E-state index in [2.05, 4.69) is 19.2 Å². The summed E-state index contributed by atoms with van der Waals surface area (Å²) in [4.78, 5) is 12.2. The monoisotopic (exact) mass is 282 g/mol. The van der Waals surface area contributed by atoms with Gasteiger partial charge in [0.1, 0.15) is 0 Å². The van der Waals surface area contributed by atoms with Gasteiger partial charge in [0.05, 0.1) is 10.7 Å². The first kappa shape index (κ1) is 15.0. The maximum atomic E-state index is 11.8. The second kappa shape index (κ2) is 7.38. The lowest BCUT2D eigenvalue weighted by atomic mass is 10.0. The zero-order chi connectivity index (χ0) is 13.5. The van der Waals surface area contributed by atoms with Gasteiger partial charge in [-0.1, -0.05) is 44.3 Å². The summed E-state index contributed by atoms with van der Waals surface area (Å²) in [5.74, 6) is 1.26. The molecule has 0 bridgehead atoms. The van der Waals surface area contributed by atoms with E-state index in [0.717, 1.165) is 11.3 Å². The number of benzene rings is 1. The van der Waals surface area contributed by atoms with Crippen LogP contribution >= 0.6 is 24.0 Å². The molecule has 5 heteroatoms. The molecular weight excluding hydrogens is 264 g/mol. The summed E-state index contributed by atoms with van der Waals surface area (Å²) in [5, 5.41) is 2.92. The van der Waals surface area contributed by atoms with Gasteiger partial charge in [0.25, 0.3) is 0 Å². The average molecular weight is 282 g/mol. The Morgan fingerprint density at radius 1 is 1.39 bits per heavy atom. The van der Waals surface area contributed by atoms with Crippen molar-refractivity contribution < 1.29 is 4.79 Å². The average Bonchev–Trinajstić information content (AvgIpc) is 2.28. The van der Waals surface area contributed by atoms with Crippen molar-refractivity contribution in [2.24, 2.45) is 5.73 Å². The van der Waals surface area contributed by atoms with Gasteiger partial charge in [0, 0.05) is 11.4 Å². The summed E-state index contributed by atoms with van der Waals surface area (Å²) in [7, 11) is 0. The summed E-state index contributed by atoms with van der Waals surface area (Å²) in [6.45, 7) is 4.21. The minimum absolute atomic E-state index is 0.0237. The van der Waals surface area contributed by atoms with Crippen LogP contribution in [0, 0.1) is 0 Å². The van der Waals surface area contributed by atoms with E-state index < -0.39 is 0 Å². The number of hydrogen-bond donors (Lipinski definition) is 2. The third-order valence-corrected chi connectivity index (χ3v) is 3.64. The van der Waals surface area contributed by atoms with Crippen molar-refractivity contribution in [3.05, 3.63) is 29.8 Å². The number of nitrogens with one attached hydrogen (secondary N) is 1. The predicted molar refractivity (Wildman–Crippen MR) is 83.3 cm³/mol. The number of nitrogens with two attached hydrogens (primary N) is 1. The Hall–Kier alpha value is -1.07. The standard InChI is InChI=1S/C13H18N2OS2/c1-9(2)10-5-3-4-6-11(10)15-13(16)8-18-7-12(14)17/h3-6,9H,7-8H2,1-2H3,(H2,14,17)(H,15,16). The SMILES string of the molecule is CC(C)c1ccccc1NC(=O)CSCC(N)=S. The number of carbonyl (C=O) groups is 1. The molecule has 0 unspecified atom stereocenters. The van der Waals surface area contributed by atoms with Crippen molar-refractivity contribution in [1.82, 2.24) is 0 Å². The highest BCUT2D eigenvalue weighted by molar-refractivity contribution is 8.01. The summed E-state index contributed by atoms with van der Waals surface area (Å²) >= 11 is 6.18. The van der Waals surface area contributed by atoms with Crippen molar-refractivity contribution in [2.75, 3.05) is 16.8 Å². The molecule has 1 aromatic carbocycles. The summed E-state index contributed by atoms with van der Waals surface area (Å²) < 4.78 is 0. The summed E-state index contributed by atoms with van der Waals surface area (Å²) in [6.07, 6.45) is 0. The van der Waals surface area contributed by atoms with Gasteiger partial charge in [0.15, 0.2) is 0 Å². The number of carbonyl (C=O) groups excluding carboxylic acids is 1. The van der Waals surface area contributed by atoms with E-state index in [9.17, 15) is 4.79 Å². The maximum Gasteiger partial charge on any atom is 0.234 e. The molecule has 3 N–H and O–H groups in total. The van der Waals surface area contributed by atoms with Crippen molar-refractivity contribution in [2.45, 2.75) is 19.8 Å². The zero-order valence-electron chi connectivity index (χ0n) is 10.6. The molecule has 0 saturated carbocycles. The molecule has 0 saturated heterocycles. The molecule has 0 atom stereocenters. The predicted octanol–water partition coefficient (Wildman–Crippen LogP) is 2.77. The summed E-state index contributed by atoms with van der Waals surface area (Å²) in [5.41, 5.74) is 7.40. The molecule has 1 rings (SSSR count). The van der Waals surface area contributed by atoms with E-state index in [0.29, 0.717) is 22.4 Å². The lowest BCUT2D eigenvalue weighted by Gasteiger charge is -2.13. The van der Waals surface area contributed by atoms with Crippen molar-refractivity contribution >= 4 is 40.6 Å². The number of thiocarbonyl (C=S) groups is 1. The quantitative estimate of drug-likeness (QED) is 0.788. The van der Waals surface area contributed by atoms with Crippen LogP contribution < -0.4 is 11.1 Å². The fourth-order valence-corrected chi connectivity index (χ4v) is 2.36. The maximum absolute atomic E-state index is 11.8. The highest BCUT2D eigenvalue weighted by atomic mass is 32.2. The zero-order valence-corrected chi connectivity index (χ0v) is 12.2. The van der Waals surface area contributed by atoms with E-state index >= 15 is 0 Å². The van der Waals surface area contributed by atoms with Crippen molar-refractivity contribution in [3.63, 3.8) is 0 Å². The molecule has 0 fully saturated rings. The Morgan fingerprint density at radius 2 is 2.06 bits per heavy atom. The number of amides is 1. The van der Waals surface area contributed by atoms with Crippen LogP contribution in [-0.2, 0) is 4.79 Å². The molecule has 0 aliphatic heterocycles. The van der Waals surface area contributed by atoms with Crippen LogP contribution in [0.2, 0.25) is 0 Å². The second-order valence-corrected chi connectivity index (χ2v) is 5.76. The minimum Gasteiger partial charge on any atom is -0.393 e. The van der Waals surface area contributed by atoms with Gasteiger partial charge in [-0.3, -0.25) is 4.79 Å². The number of rotatable bonds is 6. The van der Waals surface area contributed by atoms with Crippen LogP contribution in [0.25, 0.3) is 0 Å². The van der Waals surface area contributed by atoms with Gasteiger partial charge in [0.2, 0.25) is 5.91 Å². The van der Waals surface area contributed by atoms with Crippen LogP contribution in [0.3, 0.4) is 0 Å². The number of para-hydroxylation sites is 1. The van der Waals surface area contributed by atoms with E-state index in [1.165, 1.54) is 11.8 Å². The Bertz CT molecular complexity index is 433. The molecule has 98 valence electrons. The smallest absolute Gasteiger partial charge is 0.234 e. The van der Waals surface area contributed by atoms with E-state index in [1.807, 2.05) is 24.3 Å². The molecule has 0 aliphatic carbocycles. The lowest BCUT2D eigenvalue weighted by molar-refractivity contribution is -0.113. The van der Waals surface area contributed by atoms with Gasteiger partial charge >= 0.3 is 0 Å². The van der Waals surface area contributed by atoms with E-state index in [1.54, 1.807) is 0 Å². The second-order valence-electron chi connectivity index (χ2n) is 4.25. The highest BCUT2D eigenvalue weighted by Gasteiger charge is 2.09. The third kappa shape index (κ3) is 5.06. The first-order chi connectivity index (χ1) is 8.50. The highest BCUT2D eigenvalue weighted by Crippen LogP contribution is 2.23. The molecule has 0 aliphatic rings. The molecule has 1 amide bonds. The molecule has 0 radical (unpaired) electrons. The number of anilines is 1. The van der Waals surface area contributed by atoms with Crippen LogP contribution in [0.5, 0.6) is 0 Å². The van der Waals surface area contributed by atoms with Crippen LogP contribution in [-0.4, -0.2) is 22.4 Å². The fourth-order valence-electron chi connectivity index (χ4n) is 1.54. The van der Waals surface area contributed by atoms with Crippen molar-refractivity contribution in [3.8, 4) is 0 Å². The van der Waals surface area contributed by atoms with Gasteiger partial charge in [-0.2, -0.15) is 0 Å². The van der Waals surface area contributed by atoms with E-state index in [4.69, 9.17) is 18.0 Å². The first-order valence-electron chi connectivity index (χ1n) is 5.75. The Kier molecular flexibility index (Phi) is 6.15. The molecule has 0 aromatic heterocycles. The van der Waals surface area contributed by atoms with Gasteiger partial charge in [-0.15, -0.1) is 11.8 Å². The fraction of sp³-hybridized carbons (Fsp3) is 0.385. The summed E-state index contributed by atoms with van der Waals surface area (Å²) in [6, 6.07) is 7.85. The minimum atomic E-state index is -0.0237. The third-order valence-electron chi connectivity index (χ3n) is 2.33. The van der Waals surface area contributed by atoms with Crippen molar-refractivity contribution in [1.29, 1.82) is 0 Å². The molecule has 18 heavy (non-hydrogen) atoms. The lowest BCUT2D eigenvalue weighted by Crippen LogP contribution is -2.18. The Balaban J connectivity index is 2.56. The van der Waals surface area contributed by atoms with Crippen LogP contribution in [0.4, 0.5) is 5.69 Å². The van der Waals surface area contributed by atoms with Gasteiger partial charge < -0.3 is 11.1 Å². The Labute approximate surface area is 118 Å². The largest absolute Gasteiger partial charge is 0.393 e. The van der Waals surface area contributed by atoms with E-state index in [-0.39, 0.29) is 5.91 Å².